The molecule has 0 amide bonds. The van der Waals surface area contributed by atoms with Crippen molar-refractivity contribution in [1.29, 1.82) is 0 Å². The normalized spacial score (nSPS) is 16.7. The van der Waals surface area contributed by atoms with Gasteiger partial charge >= 0.3 is 5.97 Å². The maximum absolute atomic E-state index is 11.7. The van der Waals surface area contributed by atoms with Gasteiger partial charge in [0, 0.05) is 11.3 Å². The van der Waals surface area contributed by atoms with E-state index >= 15 is 0 Å². The van der Waals surface area contributed by atoms with Gasteiger partial charge in [-0.05, 0) is 38.8 Å². The van der Waals surface area contributed by atoms with Gasteiger partial charge < -0.3 is 9.64 Å². The zero-order valence-corrected chi connectivity index (χ0v) is 12.3. The maximum atomic E-state index is 11.7. The molecule has 0 aliphatic carbocycles. The van der Waals surface area contributed by atoms with Crippen LogP contribution in [0.25, 0.3) is 5.57 Å². The number of esters is 1. The van der Waals surface area contributed by atoms with Crippen LogP contribution >= 0.6 is 0 Å². The third kappa shape index (κ3) is 2.37. The van der Waals surface area contributed by atoms with Gasteiger partial charge in [-0.1, -0.05) is 24.3 Å². The molecule has 3 nitrogen and oxygen atoms in total. The van der Waals surface area contributed by atoms with E-state index in [4.69, 9.17) is 4.74 Å². The molecule has 102 valence electrons. The number of allylic oxidation sites excluding steroid dienone is 1. The lowest BCUT2D eigenvalue weighted by Gasteiger charge is -2.43. The molecular formula is C16H21NO2. The molecule has 1 heterocycles. The van der Waals surface area contributed by atoms with Crippen molar-refractivity contribution in [2.24, 2.45) is 0 Å². The van der Waals surface area contributed by atoms with Crippen molar-refractivity contribution in [3.8, 4) is 0 Å². The highest BCUT2D eigenvalue weighted by atomic mass is 16.5. The third-order valence-electron chi connectivity index (χ3n) is 3.71. The number of ether oxygens (including phenoxy) is 1. The predicted molar refractivity (Wildman–Crippen MR) is 78.3 cm³/mol. The van der Waals surface area contributed by atoms with Gasteiger partial charge in [0.05, 0.1) is 12.6 Å². The summed E-state index contributed by atoms with van der Waals surface area (Å²) >= 11 is 0. The highest BCUT2D eigenvalue weighted by Crippen LogP contribution is 2.40. The molecule has 0 aromatic heterocycles. The van der Waals surface area contributed by atoms with E-state index < -0.39 is 0 Å². The molecule has 1 aromatic rings. The summed E-state index contributed by atoms with van der Waals surface area (Å²) in [4.78, 5) is 13.8. The number of para-hydroxylation sites is 1. The quantitative estimate of drug-likeness (QED) is 0.764. The molecule has 0 unspecified atom stereocenters. The van der Waals surface area contributed by atoms with Crippen LogP contribution in [0.2, 0.25) is 0 Å². The zero-order valence-electron chi connectivity index (χ0n) is 12.3. The Hall–Kier alpha value is -1.77. The van der Waals surface area contributed by atoms with Crippen LogP contribution in [0.15, 0.2) is 24.3 Å². The number of anilines is 1. The van der Waals surface area contributed by atoms with Crippen molar-refractivity contribution < 1.29 is 9.53 Å². The third-order valence-corrected chi connectivity index (χ3v) is 3.71. The molecule has 0 atom stereocenters. The van der Waals surface area contributed by atoms with E-state index in [1.165, 1.54) is 23.8 Å². The van der Waals surface area contributed by atoms with E-state index in [9.17, 15) is 4.79 Å². The number of nitrogens with zero attached hydrogens (tertiary/aromatic N) is 1. The fourth-order valence-electron chi connectivity index (χ4n) is 2.79. The van der Waals surface area contributed by atoms with Crippen molar-refractivity contribution in [2.75, 3.05) is 18.6 Å². The number of carbonyl (C=O) groups excluding carboxylic acids is 1. The van der Waals surface area contributed by atoms with Crippen LogP contribution in [0.5, 0.6) is 0 Å². The van der Waals surface area contributed by atoms with Crippen LogP contribution in [-0.4, -0.2) is 25.2 Å². The highest BCUT2D eigenvalue weighted by molar-refractivity contribution is 5.86. The summed E-state index contributed by atoms with van der Waals surface area (Å²) in [5, 5.41) is 0. The smallest absolute Gasteiger partial charge is 0.325 e. The fraction of sp³-hybridized carbons (Fsp3) is 0.438. The summed E-state index contributed by atoms with van der Waals surface area (Å²) in [6.07, 6.45) is 2.21. The van der Waals surface area contributed by atoms with E-state index in [1.54, 1.807) is 0 Å². The van der Waals surface area contributed by atoms with Gasteiger partial charge in [0.2, 0.25) is 0 Å². The van der Waals surface area contributed by atoms with Gasteiger partial charge in [-0.3, -0.25) is 4.79 Å². The Balaban J connectivity index is 2.56. The van der Waals surface area contributed by atoms with Crippen molar-refractivity contribution in [3.63, 3.8) is 0 Å². The van der Waals surface area contributed by atoms with Crippen LogP contribution in [0.4, 0.5) is 5.69 Å². The Kier molecular flexibility index (Phi) is 3.40. The molecule has 19 heavy (non-hydrogen) atoms. The molecule has 2 rings (SSSR count). The standard InChI is InChI=1S/C16H21NO2/c1-11-7-6-8-13-12(2)9-16(3,4)17(15(11)13)10-14(18)19-5/h6-9H,10H2,1-5H3. The average Bonchev–Trinajstić information content (AvgIpc) is 2.33. The maximum Gasteiger partial charge on any atom is 0.325 e. The first-order valence-corrected chi connectivity index (χ1v) is 6.50. The van der Waals surface area contributed by atoms with E-state index in [0.29, 0.717) is 0 Å². The number of carbonyl (C=O) groups is 1. The number of fused-ring (bicyclic) bond motifs is 1. The topological polar surface area (TPSA) is 29.5 Å². The van der Waals surface area contributed by atoms with Crippen LogP contribution in [-0.2, 0) is 9.53 Å². The molecule has 3 heteroatoms. The van der Waals surface area contributed by atoms with Gasteiger partial charge in [0.25, 0.3) is 0 Å². The van der Waals surface area contributed by atoms with Crippen LogP contribution in [0.1, 0.15) is 31.9 Å². The summed E-state index contributed by atoms with van der Waals surface area (Å²) in [5.41, 5.74) is 4.57. The minimum Gasteiger partial charge on any atom is -0.468 e. The summed E-state index contributed by atoms with van der Waals surface area (Å²) in [6, 6.07) is 6.24. The zero-order chi connectivity index (χ0) is 14.2. The largest absolute Gasteiger partial charge is 0.468 e. The van der Waals surface area contributed by atoms with Gasteiger partial charge in [0.15, 0.2) is 0 Å². The molecule has 0 saturated carbocycles. The van der Waals surface area contributed by atoms with E-state index in [0.717, 1.165) is 5.69 Å². The summed E-state index contributed by atoms with van der Waals surface area (Å²) < 4.78 is 4.83. The molecule has 0 bridgehead atoms. The summed E-state index contributed by atoms with van der Waals surface area (Å²) in [6.45, 7) is 8.71. The molecule has 0 saturated heterocycles. The second-order valence-electron chi connectivity index (χ2n) is 5.61. The Bertz CT molecular complexity index is 544. The predicted octanol–water partition coefficient (Wildman–Crippen LogP) is 3.17. The second kappa shape index (κ2) is 4.72. The van der Waals surface area contributed by atoms with E-state index in [1.807, 2.05) is 0 Å². The van der Waals surface area contributed by atoms with Crippen LogP contribution in [0.3, 0.4) is 0 Å². The number of rotatable bonds is 2. The monoisotopic (exact) mass is 259 g/mol. The molecule has 1 aliphatic rings. The SMILES string of the molecule is COC(=O)CN1c2c(C)cccc2C(C)=CC1(C)C. The van der Waals surface area contributed by atoms with Crippen molar-refractivity contribution in [2.45, 2.75) is 33.2 Å². The van der Waals surface area contributed by atoms with Gasteiger partial charge in [-0.25, -0.2) is 0 Å². The fourth-order valence-corrected chi connectivity index (χ4v) is 2.79. The Labute approximate surface area is 114 Å². The van der Waals surface area contributed by atoms with Crippen LogP contribution < -0.4 is 4.90 Å². The van der Waals surface area contributed by atoms with Crippen molar-refractivity contribution >= 4 is 17.2 Å². The molecule has 1 aromatic carbocycles. The number of aryl methyl sites for hydroxylation is 1. The summed E-state index contributed by atoms with van der Waals surface area (Å²) in [5.74, 6) is -0.213. The van der Waals surface area contributed by atoms with Crippen molar-refractivity contribution in [1.82, 2.24) is 0 Å². The number of hydrogen-bond donors (Lipinski definition) is 0. The van der Waals surface area contributed by atoms with E-state index in [2.05, 4.69) is 56.9 Å². The number of methoxy groups -OCH3 is 1. The Morgan fingerprint density at radius 3 is 2.63 bits per heavy atom. The number of hydrogen-bond acceptors (Lipinski definition) is 3. The molecule has 0 radical (unpaired) electrons. The second-order valence-corrected chi connectivity index (χ2v) is 5.61. The Morgan fingerprint density at radius 1 is 1.32 bits per heavy atom. The molecule has 0 fully saturated rings. The number of benzene rings is 1. The lowest BCUT2D eigenvalue weighted by molar-refractivity contribution is -0.139. The highest BCUT2D eigenvalue weighted by Gasteiger charge is 2.33. The van der Waals surface area contributed by atoms with Gasteiger partial charge in [0.1, 0.15) is 6.54 Å². The molecule has 0 N–H and O–H groups in total. The first-order valence-electron chi connectivity index (χ1n) is 6.50. The molecule has 1 aliphatic heterocycles. The lowest BCUT2D eigenvalue weighted by atomic mass is 9.87. The van der Waals surface area contributed by atoms with Gasteiger partial charge in [-0.2, -0.15) is 0 Å². The first-order chi connectivity index (χ1) is 8.86. The minimum absolute atomic E-state index is 0.197. The minimum atomic E-state index is -0.213. The first kappa shape index (κ1) is 13.7. The van der Waals surface area contributed by atoms with E-state index in [-0.39, 0.29) is 18.1 Å². The van der Waals surface area contributed by atoms with Crippen LogP contribution in [0, 0.1) is 6.92 Å². The molecule has 0 spiro atoms. The van der Waals surface area contributed by atoms with Gasteiger partial charge in [-0.15, -0.1) is 0 Å². The molecular weight excluding hydrogens is 238 g/mol. The summed E-state index contributed by atoms with van der Waals surface area (Å²) in [7, 11) is 1.43. The van der Waals surface area contributed by atoms with Crippen molar-refractivity contribution in [3.05, 3.63) is 35.4 Å². The average molecular weight is 259 g/mol. The Morgan fingerprint density at radius 2 is 2.00 bits per heavy atom. The lowest BCUT2D eigenvalue weighted by Crippen LogP contribution is -2.48.